The zero-order chi connectivity index (χ0) is 15.2. The van der Waals surface area contributed by atoms with Crippen LogP contribution in [0.4, 0.5) is 0 Å². The largest absolute Gasteiger partial charge is 0.350 e. The van der Waals surface area contributed by atoms with Crippen molar-refractivity contribution in [2.24, 2.45) is 0 Å². The fourth-order valence-corrected chi connectivity index (χ4v) is 2.10. The molecule has 0 saturated heterocycles. The van der Waals surface area contributed by atoms with Crippen LogP contribution in [0.25, 0.3) is 0 Å². The fraction of sp³-hybridized carbons (Fsp3) is 0.375. The molecule has 1 aromatic carbocycles. The van der Waals surface area contributed by atoms with Crippen molar-refractivity contribution in [2.45, 2.75) is 20.0 Å². The van der Waals surface area contributed by atoms with E-state index >= 15 is 0 Å². The molecule has 0 unspecified atom stereocenters. The lowest BCUT2D eigenvalue weighted by atomic mass is 10.1. The number of nitrogens with one attached hydrogen (secondary N) is 1. The molecule has 2 aromatic rings. The second kappa shape index (κ2) is 7.04. The highest BCUT2D eigenvalue weighted by Crippen LogP contribution is 2.06. The standard InChI is InChI=1S/C16H22N4O/c1-13-8-10-20(18-13)11-9-17-16(21)15-6-4-14(5-7-15)12-19(2)3/h4-8,10H,9,11-12H2,1-3H3,(H,17,21). The molecule has 0 atom stereocenters. The van der Waals surface area contributed by atoms with Gasteiger partial charge in [-0.25, -0.2) is 0 Å². The highest BCUT2D eigenvalue weighted by atomic mass is 16.1. The lowest BCUT2D eigenvalue weighted by Gasteiger charge is -2.10. The highest BCUT2D eigenvalue weighted by molar-refractivity contribution is 5.94. The van der Waals surface area contributed by atoms with Gasteiger partial charge in [-0.1, -0.05) is 12.1 Å². The summed E-state index contributed by atoms with van der Waals surface area (Å²) in [6, 6.07) is 9.67. The normalized spacial score (nSPS) is 10.9. The van der Waals surface area contributed by atoms with Crippen LogP contribution >= 0.6 is 0 Å². The maximum absolute atomic E-state index is 12.0. The van der Waals surface area contributed by atoms with Crippen molar-refractivity contribution in [1.82, 2.24) is 20.0 Å². The van der Waals surface area contributed by atoms with E-state index in [0.717, 1.165) is 12.2 Å². The molecule has 5 nitrogen and oxygen atoms in total. The summed E-state index contributed by atoms with van der Waals surface area (Å²) in [6.07, 6.45) is 1.91. The predicted molar refractivity (Wildman–Crippen MR) is 83.1 cm³/mol. The number of carbonyl (C=O) groups is 1. The van der Waals surface area contributed by atoms with Crippen molar-refractivity contribution in [2.75, 3.05) is 20.6 Å². The Bertz CT molecular complexity index is 587. The summed E-state index contributed by atoms with van der Waals surface area (Å²) < 4.78 is 1.83. The summed E-state index contributed by atoms with van der Waals surface area (Å²) in [4.78, 5) is 14.1. The summed E-state index contributed by atoms with van der Waals surface area (Å²) in [5, 5.41) is 7.19. The van der Waals surface area contributed by atoms with E-state index in [-0.39, 0.29) is 5.91 Å². The fourth-order valence-electron chi connectivity index (χ4n) is 2.10. The van der Waals surface area contributed by atoms with E-state index in [1.165, 1.54) is 5.56 Å². The van der Waals surface area contributed by atoms with Crippen LogP contribution in [0.1, 0.15) is 21.6 Å². The lowest BCUT2D eigenvalue weighted by Crippen LogP contribution is -2.27. The maximum Gasteiger partial charge on any atom is 0.251 e. The third-order valence-electron chi connectivity index (χ3n) is 3.12. The number of benzene rings is 1. The van der Waals surface area contributed by atoms with Gasteiger partial charge in [-0.3, -0.25) is 9.48 Å². The van der Waals surface area contributed by atoms with E-state index in [0.29, 0.717) is 18.7 Å². The first-order valence-corrected chi connectivity index (χ1v) is 7.06. The van der Waals surface area contributed by atoms with Crippen molar-refractivity contribution < 1.29 is 4.79 Å². The summed E-state index contributed by atoms with van der Waals surface area (Å²) in [5.74, 6) is -0.0460. The molecule has 0 radical (unpaired) electrons. The SMILES string of the molecule is Cc1ccn(CCNC(=O)c2ccc(CN(C)C)cc2)n1. The van der Waals surface area contributed by atoms with Crippen molar-refractivity contribution in [3.8, 4) is 0 Å². The molecule has 0 aliphatic rings. The quantitative estimate of drug-likeness (QED) is 0.879. The molecule has 0 aliphatic heterocycles. The van der Waals surface area contributed by atoms with E-state index in [4.69, 9.17) is 0 Å². The van der Waals surface area contributed by atoms with Crippen molar-refractivity contribution in [3.05, 3.63) is 53.3 Å². The van der Waals surface area contributed by atoms with Gasteiger partial charge in [-0.15, -0.1) is 0 Å². The number of aryl methyl sites for hydroxylation is 1. The van der Waals surface area contributed by atoms with E-state index in [1.54, 1.807) is 0 Å². The second-order valence-electron chi connectivity index (χ2n) is 5.41. The van der Waals surface area contributed by atoms with Gasteiger partial charge in [0.15, 0.2) is 0 Å². The van der Waals surface area contributed by atoms with E-state index in [1.807, 2.05) is 62.2 Å². The van der Waals surface area contributed by atoms with Gasteiger partial charge < -0.3 is 10.2 Å². The molecule has 1 amide bonds. The first kappa shape index (κ1) is 15.3. The Labute approximate surface area is 125 Å². The molecule has 21 heavy (non-hydrogen) atoms. The Hall–Kier alpha value is -2.14. The predicted octanol–water partition coefficient (Wildman–Crippen LogP) is 1.68. The van der Waals surface area contributed by atoms with Gasteiger partial charge in [-0.2, -0.15) is 5.10 Å². The third kappa shape index (κ3) is 4.72. The molecule has 1 N–H and O–H groups in total. The Kier molecular flexibility index (Phi) is 5.11. The molecule has 0 saturated carbocycles. The first-order valence-electron chi connectivity index (χ1n) is 7.06. The molecule has 0 bridgehead atoms. The van der Waals surface area contributed by atoms with Crippen molar-refractivity contribution in [1.29, 1.82) is 0 Å². The van der Waals surface area contributed by atoms with Gasteiger partial charge in [0.2, 0.25) is 0 Å². The van der Waals surface area contributed by atoms with E-state index < -0.39 is 0 Å². The molecule has 1 aromatic heterocycles. The summed E-state index contributed by atoms with van der Waals surface area (Å²) in [6.45, 7) is 4.07. The van der Waals surface area contributed by atoms with Crippen LogP contribution in [0.5, 0.6) is 0 Å². The Morgan fingerprint density at radius 1 is 1.24 bits per heavy atom. The molecular weight excluding hydrogens is 264 g/mol. The topological polar surface area (TPSA) is 50.2 Å². The second-order valence-corrected chi connectivity index (χ2v) is 5.41. The maximum atomic E-state index is 12.0. The number of hydrogen-bond donors (Lipinski definition) is 1. The zero-order valence-corrected chi connectivity index (χ0v) is 12.8. The minimum Gasteiger partial charge on any atom is -0.350 e. The summed E-state index contributed by atoms with van der Waals surface area (Å²) >= 11 is 0. The van der Waals surface area contributed by atoms with Crippen LogP contribution in [-0.4, -0.2) is 41.2 Å². The number of hydrogen-bond acceptors (Lipinski definition) is 3. The monoisotopic (exact) mass is 286 g/mol. The highest BCUT2D eigenvalue weighted by Gasteiger charge is 2.05. The molecule has 2 rings (SSSR count). The Morgan fingerprint density at radius 2 is 1.95 bits per heavy atom. The van der Waals surface area contributed by atoms with Gasteiger partial charge >= 0.3 is 0 Å². The van der Waals surface area contributed by atoms with Crippen molar-refractivity contribution in [3.63, 3.8) is 0 Å². The number of carbonyl (C=O) groups excluding carboxylic acids is 1. The smallest absolute Gasteiger partial charge is 0.251 e. The molecule has 1 heterocycles. The van der Waals surface area contributed by atoms with Crippen LogP contribution in [-0.2, 0) is 13.1 Å². The summed E-state index contributed by atoms with van der Waals surface area (Å²) in [5.41, 5.74) is 2.87. The number of nitrogens with zero attached hydrogens (tertiary/aromatic N) is 3. The van der Waals surface area contributed by atoms with Crippen LogP contribution in [0.3, 0.4) is 0 Å². The number of aromatic nitrogens is 2. The van der Waals surface area contributed by atoms with E-state index in [2.05, 4.69) is 15.3 Å². The van der Waals surface area contributed by atoms with E-state index in [9.17, 15) is 4.79 Å². The average Bonchev–Trinajstić information content (AvgIpc) is 2.84. The molecule has 0 fully saturated rings. The third-order valence-corrected chi connectivity index (χ3v) is 3.12. The van der Waals surface area contributed by atoms with Crippen LogP contribution < -0.4 is 5.32 Å². The summed E-state index contributed by atoms with van der Waals surface area (Å²) in [7, 11) is 4.05. The molecule has 0 spiro atoms. The number of rotatable bonds is 6. The van der Waals surface area contributed by atoms with Crippen LogP contribution in [0.15, 0.2) is 36.5 Å². The Morgan fingerprint density at radius 3 is 2.52 bits per heavy atom. The Balaban J connectivity index is 1.82. The minimum absolute atomic E-state index is 0.0460. The van der Waals surface area contributed by atoms with Gasteiger partial charge in [0, 0.05) is 24.8 Å². The molecule has 112 valence electrons. The molecular formula is C16H22N4O. The zero-order valence-electron chi connectivity index (χ0n) is 12.8. The van der Waals surface area contributed by atoms with Crippen LogP contribution in [0, 0.1) is 6.92 Å². The first-order chi connectivity index (χ1) is 10.0. The molecule has 5 heteroatoms. The average molecular weight is 286 g/mol. The minimum atomic E-state index is -0.0460. The van der Waals surface area contributed by atoms with Gasteiger partial charge in [0.25, 0.3) is 5.91 Å². The van der Waals surface area contributed by atoms with Crippen molar-refractivity contribution >= 4 is 5.91 Å². The lowest BCUT2D eigenvalue weighted by molar-refractivity contribution is 0.0952. The van der Waals surface area contributed by atoms with Crippen LogP contribution in [0.2, 0.25) is 0 Å². The van der Waals surface area contributed by atoms with Gasteiger partial charge in [0.05, 0.1) is 12.2 Å². The van der Waals surface area contributed by atoms with Gasteiger partial charge in [-0.05, 0) is 44.8 Å². The number of amides is 1. The molecule has 0 aliphatic carbocycles. The van der Waals surface area contributed by atoms with Gasteiger partial charge in [0.1, 0.15) is 0 Å².